The van der Waals surface area contributed by atoms with Crippen LogP contribution in [0.5, 0.6) is 0 Å². The van der Waals surface area contributed by atoms with Gasteiger partial charge in [-0.3, -0.25) is 0 Å². The average Bonchev–Trinajstić information content (AvgIpc) is 2.28. The molecule has 1 aliphatic rings. The monoisotopic (exact) mass is 148 g/mol. The molecule has 0 radical (unpaired) electrons. The van der Waals surface area contributed by atoms with Crippen LogP contribution in [0.2, 0.25) is 0 Å². The van der Waals surface area contributed by atoms with Crippen LogP contribution in [0.4, 0.5) is 0 Å². The molecule has 1 aliphatic carbocycles. The highest BCUT2D eigenvalue weighted by atomic mass is 32.1. The van der Waals surface area contributed by atoms with Crippen LogP contribution in [-0.4, -0.2) is 0 Å². The van der Waals surface area contributed by atoms with Gasteiger partial charge < -0.3 is 0 Å². The molecular formula is C9H8S. The number of hydrogen-bond donors (Lipinski definition) is 0. The minimum Gasteiger partial charge on any atom is -0.148 e. The Kier molecular flexibility index (Phi) is 1.44. The van der Waals surface area contributed by atoms with E-state index in [1.807, 2.05) is 11.3 Å². The SMILES string of the molecule is C1=CCc2sccc2C=C1. The first kappa shape index (κ1) is 5.93. The van der Waals surface area contributed by atoms with E-state index in [4.69, 9.17) is 0 Å². The number of fused-ring (bicyclic) bond motifs is 1. The van der Waals surface area contributed by atoms with Gasteiger partial charge in [0.1, 0.15) is 0 Å². The minimum absolute atomic E-state index is 1.10. The van der Waals surface area contributed by atoms with Gasteiger partial charge in [-0.2, -0.15) is 0 Å². The van der Waals surface area contributed by atoms with Crippen molar-refractivity contribution >= 4 is 17.4 Å². The van der Waals surface area contributed by atoms with Gasteiger partial charge in [-0.1, -0.05) is 24.3 Å². The van der Waals surface area contributed by atoms with Crippen LogP contribution < -0.4 is 0 Å². The summed E-state index contributed by atoms with van der Waals surface area (Å²) in [6, 6.07) is 2.17. The predicted octanol–water partition coefficient (Wildman–Crippen LogP) is 2.87. The maximum atomic E-state index is 2.19. The Morgan fingerprint density at radius 1 is 1.30 bits per heavy atom. The quantitative estimate of drug-likeness (QED) is 0.530. The second kappa shape index (κ2) is 2.43. The van der Waals surface area contributed by atoms with Crippen LogP contribution in [0, 0.1) is 0 Å². The van der Waals surface area contributed by atoms with Gasteiger partial charge in [0.25, 0.3) is 0 Å². The van der Waals surface area contributed by atoms with Crippen LogP contribution in [-0.2, 0) is 6.42 Å². The molecule has 50 valence electrons. The van der Waals surface area contributed by atoms with Gasteiger partial charge in [0.05, 0.1) is 0 Å². The number of hydrogen-bond acceptors (Lipinski definition) is 1. The normalized spacial score (nSPS) is 14.8. The molecular weight excluding hydrogens is 140 g/mol. The molecule has 0 unspecified atom stereocenters. The van der Waals surface area contributed by atoms with E-state index in [-0.39, 0.29) is 0 Å². The third-order valence-electron chi connectivity index (χ3n) is 1.61. The third-order valence-corrected chi connectivity index (χ3v) is 2.57. The molecule has 0 spiro atoms. The molecule has 0 saturated heterocycles. The fraction of sp³-hybridized carbons (Fsp3) is 0.111. The van der Waals surface area contributed by atoms with Gasteiger partial charge in [-0.05, 0) is 17.0 Å². The molecule has 0 nitrogen and oxygen atoms in total. The first-order valence-electron chi connectivity index (χ1n) is 3.36. The molecule has 10 heavy (non-hydrogen) atoms. The highest BCUT2D eigenvalue weighted by molar-refractivity contribution is 7.10. The Morgan fingerprint density at radius 2 is 2.30 bits per heavy atom. The largest absolute Gasteiger partial charge is 0.148 e. The van der Waals surface area contributed by atoms with Crippen LogP contribution in [0.1, 0.15) is 10.4 Å². The van der Waals surface area contributed by atoms with E-state index in [0.29, 0.717) is 0 Å². The second-order valence-corrected chi connectivity index (χ2v) is 3.29. The Hall–Kier alpha value is -0.820. The molecule has 1 aromatic heterocycles. The molecule has 0 aliphatic heterocycles. The fourth-order valence-corrected chi connectivity index (χ4v) is 1.92. The van der Waals surface area contributed by atoms with Gasteiger partial charge in [0, 0.05) is 11.3 Å². The Labute approximate surface area is 64.5 Å². The first-order chi connectivity index (χ1) is 4.97. The van der Waals surface area contributed by atoms with Crippen molar-refractivity contribution in [3.63, 3.8) is 0 Å². The number of rotatable bonds is 0. The first-order valence-corrected chi connectivity index (χ1v) is 4.24. The zero-order chi connectivity index (χ0) is 6.81. The lowest BCUT2D eigenvalue weighted by atomic mass is 10.2. The summed E-state index contributed by atoms with van der Waals surface area (Å²) in [5.74, 6) is 0. The Morgan fingerprint density at radius 3 is 3.30 bits per heavy atom. The molecule has 1 heteroatoms. The molecule has 0 aromatic carbocycles. The van der Waals surface area contributed by atoms with Crippen molar-refractivity contribution in [1.29, 1.82) is 0 Å². The lowest BCUT2D eigenvalue weighted by Crippen LogP contribution is -1.74. The maximum absolute atomic E-state index is 2.19. The summed E-state index contributed by atoms with van der Waals surface area (Å²) < 4.78 is 0. The summed E-state index contributed by atoms with van der Waals surface area (Å²) in [6.45, 7) is 0. The smallest absolute Gasteiger partial charge is 0.0155 e. The van der Waals surface area contributed by atoms with Crippen molar-refractivity contribution in [2.24, 2.45) is 0 Å². The third kappa shape index (κ3) is 0.929. The van der Waals surface area contributed by atoms with E-state index in [1.54, 1.807) is 0 Å². The van der Waals surface area contributed by atoms with Crippen LogP contribution in [0.3, 0.4) is 0 Å². The van der Waals surface area contributed by atoms with Gasteiger partial charge in [0.2, 0.25) is 0 Å². The summed E-state index contributed by atoms with van der Waals surface area (Å²) in [7, 11) is 0. The van der Waals surface area contributed by atoms with Crippen molar-refractivity contribution in [3.8, 4) is 0 Å². The van der Waals surface area contributed by atoms with Crippen LogP contribution >= 0.6 is 11.3 Å². The van der Waals surface area contributed by atoms with E-state index in [0.717, 1.165) is 6.42 Å². The molecule has 2 rings (SSSR count). The zero-order valence-corrected chi connectivity index (χ0v) is 6.40. The van der Waals surface area contributed by atoms with E-state index in [1.165, 1.54) is 10.4 Å². The lowest BCUT2D eigenvalue weighted by molar-refractivity contribution is 1.34. The predicted molar refractivity (Wildman–Crippen MR) is 46.2 cm³/mol. The Bertz CT molecular complexity index is 279. The number of thiophene rings is 1. The fourth-order valence-electron chi connectivity index (χ4n) is 1.08. The summed E-state index contributed by atoms with van der Waals surface area (Å²) in [5, 5.41) is 2.15. The molecule has 1 aromatic rings. The molecule has 0 saturated carbocycles. The summed E-state index contributed by atoms with van der Waals surface area (Å²) in [6.07, 6.45) is 9.65. The number of allylic oxidation sites excluding steroid dienone is 3. The van der Waals surface area contributed by atoms with Gasteiger partial charge in [-0.15, -0.1) is 11.3 Å². The van der Waals surface area contributed by atoms with Crippen molar-refractivity contribution in [3.05, 3.63) is 40.1 Å². The second-order valence-electron chi connectivity index (χ2n) is 2.29. The standard InChI is InChI=1S/C9H8S/c1-2-4-8-6-7-10-9(8)5-3-1/h1-4,6-7H,5H2. The molecule has 0 bridgehead atoms. The van der Waals surface area contributed by atoms with Crippen molar-refractivity contribution in [2.45, 2.75) is 6.42 Å². The van der Waals surface area contributed by atoms with E-state index in [9.17, 15) is 0 Å². The van der Waals surface area contributed by atoms with E-state index < -0.39 is 0 Å². The minimum atomic E-state index is 1.10. The van der Waals surface area contributed by atoms with Crippen molar-refractivity contribution in [1.82, 2.24) is 0 Å². The summed E-state index contributed by atoms with van der Waals surface area (Å²) >= 11 is 1.84. The van der Waals surface area contributed by atoms with E-state index >= 15 is 0 Å². The molecule has 0 fully saturated rings. The van der Waals surface area contributed by atoms with Crippen LogP contribution in [0.25, 0.3) is 6.08 Å². The zero-order valence-electron chi connectivity index (χ0n) is 5.58. The summed E-state index contributed by atoms with van der Waals surface area (Å²) in [4.78, 5) is 1.48. The molecule has 1 heterocycles. The molecule has 0 amide bonds. The highest BCUT2D eigenvalue weighted by Crippen LogP contribution is 2.20. The maximum Gasteiger partial charge on any atom is 0.0155 e. The average molecular weight is 148 g/mol. The summed E-state index contributed by atoms with van der Waals surface area (Å²) in [5.41, 5.74) is 1.38. The van der Waals surface area contributed by atoms with Gasteiger partial charge >= 0.3 is 0 Å². The van der Waals surface area contributed by atoms with Crippen molar-refractivity contribution in [2.75, 3.05) is 0 Å². The molecule has 0 atom stereocenters. The Balaban J connectivity index is 2.50. The highest BCUT2D eigenvalue weighted by Gasteiger charge is 1.99. The van der Waals surface area contributed by atoms with Crippen molar-refractivity contribution < 1.29 is 0 Å². The molecule has 0 N–H and O–H groups in total. The van der Waals surface area contributed by atoms with Gasteiger partial charge in [-0.25, -0.2) is 0 Å². The van der Waals surface area contributed by atoms with E-state index in [2.05, 4.69) is 35.8 Å². The lowest BCUT2D eigenvalue weighted by Gasteiger charge is -1.89. The van der Waals surface area contributed by atoms with Gasteiger partial charge in [0.15, 0.2) is 0 Å². The topological polar surface area (TPSA) is 0 Å². The van der Waals surface area contributed by atoms with Crippen LogP contribution in [0.15, 0.2) is 29.7 Å².